The molecule has 2 heterocycles. The lowest BCUT2D eigenvalue weighted by Gasteiger charge is -2.31. The number of rotatable bonds is 4. The molecule has 210 valence electrons. The summed E-state index contributed by atoms with van der Waals surface area (Å²) in [5.74, 6) is 0.822. The molecule has 3 aliphatic rings. The molecule has 8 nitrogen and oxygen atoms in total. The van der Waals surface area contributed by atoms with Crippen molar-refractivity contribution in [3.8, 4) is 0 Å². The first-order valence-electron chi connectivity index (χ1n) is 15.3. The van der Waals surface area contributed by atoms with E-state index >= 15 is 0 Å². The summed E-state index contributed by atoms with van der Waals surface area (Å²) in [5, 5.41) is 21.6. The molecule has 2 aliphatic heterocycles. The minimum atomic E-state index is 0.822. The van der Waals surface area contributed by atoms with Gasteiger partial charge >= 0.3 is 0 Å². The van der Waals surface area contributed by atoms with Gasteiger partial charge in [-0.05, 0) is 103 Å². The Bertz CT molecular complexity index is 530. The van der Waals surface area contributed by atoms with Crippen molar-refractivity contribution in [2.75, 3.05) is 118 Å². The Hall–Kier alpha value is -0.580. The predicted octanol–water partition coefficient (Wildman–Crippen LogP) is 0.442. The zero-order valence-corrected chi connectivity index (χ0v) is 23.2. The molecule has 0 radical (unpaired) electrons. The van der Waals surface area contributed by atoms with Gasteiger partial charge in [-0.3, -0.25) is 4.90 Å². The topological polar surface area (TPSA) is 78.7 Å². The van der Waals surface area contributed by atoms with Crippen LogP contribution in [0.3, 0.4) is 0 Å². The fraction of sp³-hybridized carbons (Fsp3) is 0.929. The molecule has 2 fully saturated rings. The Balaban J connectivity index is 1.39. The average Bonchev–Trinajstić information content (AvgIpc) is 2.89. The van der Waals surface area contributed by atoms with E-state index < -0.39 is 0 Å². The fourth-order valence-corrected chi connectivity index (χ4v) is 5.58. The molecule has 0 aromatic heterocycles. The first kappa shape index (κ1) is 30.0. The molecule has 0 aromatic carbocycles. The van der Waals surface area contributed by atoms with E-state index in [1.54, 1.807) is 5.57 Å². The molecule has 36 heavy (non-hydrogen) atoms. The van der Waals surface area contributed by atoms with Crippen molar-refractivity contribution in [3.63, 3.8) is 0 Å². The molecule has 3 rings (SSSR count). The second-order valence-corrected chi connectivity index (χ2v) is 11.0. The smallest absolute Gasteiger partial charge is 0.0193 e. The highest BCUT2D eigenvalue weighted by atomic mass is 15.1. The van der Waals surface area contributed by atoms with Crippen molar-refractivity contribution in [3.05, 3.63) is 11.6 Å². The van der Waals surface area contributed by atoms with Crippen molar-refractivity contribution in [2.24, 2.45) is 5.92 Å². The first-order valence-corrected chi connectivity index (χ1v) is 15.3. The van der Waals surface area contributed by atoms with Gasteiger partial charge in [0.2, 0.25) is 0 Å². The highest BCUT2D eigenvalue weighted by Crippen LogP contribution is 2.25. The maximum atomic E-state index is 3.66. The van der Waals surface area contributed by atoms with E-state index in [9.17, 15) is 0 Å². The summed E-state index contributed by atoms with van der Waals surface area (Å²) >= 11 is 0. The van der Waals surface area contributed by atoms with Gasteiger partial charge in [0.15, 0.2) is 0 Å². The highest BCUT2D eigenvalue weighted by Gasteiger charge is 2.19. The van der Waals surface area contributed by atoms with Gasteiger partial charge in [-0.25, -0.2) is 0 Å². The molecule has 1 unspecified atom stereocenters. The third-order valence-electron chi connectivity index (χ3n) is 7.79. The van der Waals surface area contributed by atoms with Crippen LogP contribution in [0.2, 0.25) is 0 Å². The van der Waals surface area contributed by atoms with Crippen LogP contribution in [-0.2, 0) is 0 Å². The van der Waals surface area contributed by atoms with Gasteiger partial charge in [0, 0.05) is 65.4 Å². The van der Waals surface area contributed by atoms with E-state index in [1.807, 2.05) is 0 Å². The predicted molar refractivity (Wildman–Crippen MR) is 154 cm³/mol. The van der Waals surface area contributed by atoms with Crippen molar-refractivity contribution in [1.82, 2.24) is 41.7 Å². The molecule has 0 aromatic rings. The van der Waals surface area contributed by atoms with E-state index in [0.29, 0.717) is 0 Å². The number of allylic oxidation sites excluding steroid dienone is 1. The minimum absolute atomic E-state index is 0.822. The second kappa shape index (κ2) is 20.4. The van der Waals surface area contributed by atoms with Crippen LogP contribution in [-0.4, -0.2) is 128 Å². The molecule has 0 bridgehead atoms. The number of hydrogen-bond acceptors (Lipinski definition) is 8. The van der Waals surface area contributed by atoms with Crippen LogP contribution in [0.4, 0.5) is 0 Å². The lowest BCUT2D eigenvalue weighted by atomic mass is 9.88. The Morgan fingerprint density at radius 3 is 1.61 bits per heavy atom. The molecule has 0 amide bonds. The first-order chi connectivity index (χ1) is 17.9. The van der Waals surface area contributed by atoms with Crippen LogP contribution < -0.4 is 31.9 Å². The van der Waals surface area contributed by atoms with Crippen LogP contribution >= 0.6 is 0 Å². The van der Waals surface area contributed by atoms with E-state index in [1.165, 1.54) is 84.2 Å². The molecule has 1 aliphatic carbocycles. The highest BCUT2D eigenvalue weighted by molar-refractivity contribution is 5.09. The molecule has 8 heteroatoms. The zero-order chi connectivity index (χ0) is 24.9. The fourth-order valence-electron chi connectivity index (χ4n) is 5.58. The molecule has 0 spiro atoms. The third-order valence-corrected chi connectivity index (χ3v) is 7.79. The number of nitrogens with zero attached hydrogens (tertiary/aromatic N) is 2. The minimum Gasteiger partial charge on any atom is -0.315 e. The zero-order valence-electron chi connectivity index (χ0n) is 23.2. The molecular weight excluding hydrogens is 448 g/mol. The van der Waals surface area contributed by atoms with Crippen LogP contribution in [0, 0.1) is 5.92 Å². The van der Waals surface area contributed by atoms with E-state index in [0.717, 1.165) is 84.5 Å². The lowest BCUT2D eigenvalue weighted by molar-refractivity contribution is 0.215. The van der Waals surface area contributed by atoms with Gasteiger partial charge in [0.1, 0.15) is 0 Å². The Kier molecular flexibility index (Phi) is 17.0. The normalized spacial score (nSPS) is 27.4. The quantitative estimate of drug-likeness (QED) is 0.307. The Morgan fingerprint density at radius 2 is 1.06 bits per heavy atom. The molecule has 6 N–H and O–H groups in total. The standard InChI is InChI=1S/C28H58N8/c1-9-29-15-17-31-13-3-21-35(23-19-33-11-1)25-27-5-7-28(8-6-27)26-36-22-4-14-32-18-16-30-10-2-12-34-20-24-36/h5,28-34H,1-4,6-26H2. The van der Waals surface area contributed by atoms with Gasteiger partial charge < -0.3 is 36.8 Å². The molecule has 1 atom stereocenters. The molecule has 0 saturated carbocycles. The van der Waals surface area contributed by atoms with Crippen molar-refractivity contribution in [1.29, 1.82) is 0 Å². The largest absolute Gasteiger partial charge is 0.315 e. The maximum Gasteiger partial charge on any atom is 0.0193 e. The van der Waals surface area contributed by atoms with Gasteiger partial charge in [0.05, 0.1) is 0 Å². The average molecular weight is 507 g/mol. The Labute approximate surface area is 222 Å². The monoisotopic (exact) mass is 506 g/mol. The Morgan fingerprint density at radius 1 is 0.556 bits per heavy atom. The lowest BCUT2D eigenvalue weighted by Crippen LogP contribution is -2.39. The second-order valence-electron chi connectivity index (χ2n) is 11.0. The van der Waals surface area contributed by atoms with Gasteiger partial charge in [-0.1, -0.05) is 11.6 Å². The number of nitrogens with one attached hydrogen (secondary N) is 6. The number of hydrogen-bond donors (Lipinski definition) is 6. The van der Waals surface area contributed by atoms with E-state index in [4.69, 9.17) is 0 Å². The molecule has 2 saturated heterocycles. The van der Waals surface area contributed by atoms with E-state index in [-0.39, 0.29) is 0 Å². The van der Waals surface area contributed by atoms with Crippen LogP contribution in [0.5, 0.6) is 0 Å². The van der Waals surface area contributed by atoms with Gasteiger partial charge in [-0.2, -0.15) is 0 Å². The van der Waals surface area contributed by atoms with Crippen LogP contribution in [0.15, 0.2) is 11.6 Å². The van der Waals surface area contributed by atoms with Gasteiger partial charge in [0.25, 0.3) is 0 Å². The maximum absolute atomic E-state index is 3.66. The summed E-state index contributed by atoms with van der Waals surface area (Å²) in [5.41, 5.74) is 1.69. The summed E-state index contributed by atoms with van der Waals surface area (Å²) in [4.78, 5) is 5.43. The summed E-state index contributed by atoms with van der Waals surface area (Å²) in [6.07, 6.45) is 11.5. The van der Waals surface area contributed by atoms with Crippen LogP contribution in [0.25, 0.3) is 0 Å². The van der Waals surface area contributed by atoms with Crippen molar-refractivity contribution >= 4 is 0 Å². The summed E-state index contributed by atoms with van der Waals surface area (Å²) in [7, 11) is 0. The summed E-state index contributed by atoms with van der Waals surface area (Å²) in [6, 6.07) is 0. The molecular formula is C28H58N8. The third kappa shape index (κ3) is 14.4. The van der Waals surface area contributed by atoms with E-state index in [2.05, 4.69) is 47.8 Å². The summed E-state index contributed by atoms with van der Waals surface area (Å²) in [6.45, 7) is 20.5. The summed E-state index contributed by atoms with van der Waals surface area (Å²) < 4.78 is 0. The van der Waals surface area contributed by atoms with Crippen molar-refractivity contribution in [2.45, 2.75) is 44.9 Å². The van der Waals surface area contributed by atoms with Gasteiger partial charge in [-0.15, -0.1) is 0 Å². The SMILES string of the molecule is C1=C(CN2CCCNCCNCCCNCC2)CCC(CN2CCCNCCNCCCNCC2)C1. The van der Waals surface area contributed by atoms with Crippen LogP contribution in [0.1, 0.15) is 44.9 Å². The van der Waals surface area contributed by atoms with Crippen molar-refractivity contribution < 1.29 is 0 Å².